The topological polar surface area (TPSA) is 32.3 Å². The summed E-state index contributed by atoms with van der Waals surface area (Å²) in [7, 11) is 0. The molecule has 0 bridgehead atoms. The third kappa shape index (κ3) is 2.39. The molecule has 3 heteroatoms. The van der Waals surface area contributed by atoms with Crippen molar-refractivity contribution in [2.45, 2.75) is 38.0 Å². The zero-order chi connectivity index (χ0) is 16.6. The maximum Gasteiger partial charge on any atom is 0.235 e. The van der Waals surface area contributed by atoms with E-state index in [-0.39, 0.29) is 11.3 Å². The molecule has 1 heterocycles. The molecule has 24 heavy (non-hydrogen) atoms. The van der Waals surface area contributed by atoms with Crippen LogP contribution in [0, 0.1) is 0 Å². The van der Waals surface area contributed by atoms with Crippen LogP contribution < -0.4 is 10.2 Å². The lowest BCUT2D eigenvalue weighted by atomic mass is 9.64. The van der Waals surface area contributed by atoms with Crippen molar-refractivity contribution < 1.29 is 4.79 Å². The SMILES string of the molecule is CCN1CCc2ccc(NC(=O)C3(c4ccccc4)CCC3)cc21. The number of likely N-dealkylation sites (N-methyl/N-ethyl adjacent to an activating group) is 1. The van der Waals surface area contributed by atoms with E-state index < -0.39 is 0 Å². The van der Waals surface area contributed by atoms with Crippen LogP contribution in [-0.2, 0) is 16.6 Å². The Hall–Kier alpha value is -2.29. The average Bonchev–Trinajstić information content (AvgIpc) is 2.97. The lowest BCUT2D eigenvalue weighted by Gasteiger charge is -2.40. The van der Waals surface area contributed by atoms with E-state index in [4.69, 9.17) is 0 Å². The second-order valence-electron chi connectivity index (χ2n) is 6.93. The highest BCUT2D eigenvalue weighted by Gasteiger charge is 2.45. The lowest BCUT2D eigenvalue weighted by Crippen LogP contribution is -2.46. The molecule has 1 aliphatic heterocycles. The van der Waals surface area contributed by atoms with Crippen molar-refractivity contribution in [3.8, 4) is 0 Å². The smallest absolute Gasteiger partial charge is 0.235 e. The van der Waals surface area contributed by atoms with Gasteiger partial charge >= 0.3 is 0 Å². The first-order valence-corrected chi connectivity index (χ1v) is 8.98. The number of nitrogens with one attached hydrogen (secondary N) is 1. The van der Waals surface area contributed by atoms with Gasteiger partial charge in [0.15, 0.2) is 0 Å². The molecule has 0 saturated heterocycles. The Morgan fingerprint density at radius 1 is 1.17 bits per heavy atom. The summed E-state index contributed by atoms with van der Waals surface area (Å²) in [6.07, 6.45) is 4.10. The van der Waals surface area contributed by atoms with Crippen LogP contribution in [0.2, 0.25) is 0 Å². The molecular weight excluding hydrogens is 296 g/mol. The second-order valence-corrected chi connectivity index (χ2v) is 6.93. The summed E-state index contributed by atoms with van der Waals surface area (Å²) in [5, 5.41) is 3.19. The first kappa shape index (κ1) is 15.3. The van der Waals surface area contributed by atoms with Crippen LogP contribution in [0.4, 0.5) is 11.4 Å². The van der Waals surface area contributed by atoms with Gasteiger partial charge in [0.05, 0.1) is 5.41 Å². The van der Waals surface area contributed by atoms with E-state index in [2.05, 4.69) is 41.4 Å². The van der Waals surface area contributed by atoms with Crippen LogP contribution in [0.5, 0.6) is 0 Å². The lowest BCUT2D eigenvalue weighted by molar-refractivity contribution is -0.124. The van der Waals surface area contributed by atoms with Crippen LogP contribution in [-0.4, -0.2) is 19.0 Å². The van der Waals surface area contributed by atoms with Crippen molar-refractivity contribution in [1.82, 2.24) is 0 Å². The fraction of sp³-hybridized carbons (Fsp3) is 0.381. The van der Waals surface area contributed by atoms with E-state index in [0.29, 0.717) is 0 Å². The molecule has 1 fully saturated rings. The highest BCUT2D eigenvalue weighted by Crippen LogP contribution is 2.44. The molecule has 4 rings (SSSR count). The van der Waals surface area contributed by atoms with Crippen molar-refractivity contribution in [2.24, 2.45) is 0 Å². The monoisotopic (exact) mass is 320 g/mol. The second kappa shape index (κ2) is 5.97. The van der Waals surface area contributed by atoms with E-state index in [1.807, 2.05) is 24.3 Å². The Labute approximate surface area is 143 Å². The molecule has 0 atom stereocenters. The number of nitrogens with zero attached hydrogens (tertiary/aromatic N) is 1. The minimum atomic E-state index is -0.343. The fourth-order valence-electron chi connectivity index (χ4n) is 4.04. The van der Waals surface area contributed by atoms with Crippen LogP contribution in [0.1, 0.15) is 37.3 Å². The number of hydrogen-bond donors (Lipinski definition) is 1. The molecule has 2 aromatic carbocycles. The van der Waals surface area contributed by atoms with E-state index >= 15 is 0 Å². The van der Waals surface area contributed by atoms with E-state index in [1.165, 1.54) is 11.3 Å². The molecule has 0 aromatic heterocycles. The maximum absolute atomic E-state index is 13.0. The van der Waals surface area contributed by atoms with Gasteiger partial charge in [0, 0.05) is 24.5 Å². The molecule has 124 valence electrons. The molecule has 1 N–H and O–H groups in total. The van der Waals surface area contributed by atoms with Gasteiger partial charge in [-0.05, 0) is 49.4 Å². The maximum atomic E-state index is 13.0. The summed E-state index contributed by atoms with van der Waals surface area (Å²) in [5.74, 6) is 0.140. The van der Waals surface area contributed by atoms with E-state index in [0.717, 1.165) is 50.0 Å². The number of fused-ring (bicyclic) bond motifs is 1. The Balaban J connectivity index is 1.58. The fourth-order valence-corrected chi connectivity index (χ4v) is 4.04. The van der Waals surface area contributed by atoms with Crippen LogP contribution >= 0.6 is 0 Å². The molecule has 0 spiro atoms. The predicted octanol–water partition coefficient (Wildman–Crippen LogP) is 4.13. The summed E-state index contributed by atoms with van der Waals surface area (Å²) < 4.78 is 0. The molecular formula is C21H24N2O. The largest absolute Gasteiger partial charge is 0.371 e. The van der Waals surface area contributed by atoms with Gasteiger partial charge in [-0.25, -0.2) is 0 Å². The summed E-state index contributed by atoms with van der Waals surface area (Å²) in [5.41, 5.74) is 4.38. The number of amides is 1. The van der Waals surface area contributed by atoms with Gasteiger partial charge in [-0.1, -0.05) is 42.8 Å². The van der Waals surface area contributed by atoms with Crippen molar-refractivity contribution in [2.75, 3.05) is 23.3 Å². The Morgan fingerprint density at radius 3 is 2.62 bits per heavy atom. The van der Waals surface area contributed by atoms with Crippen molar-refractivity contribution >= 4 is 17.3 Å². The minimum Gasteiger partial charge on any atom is -0.371 e. The summed E-state index contributed by atoms with van der Waals surface area (Å²) in [6.45, 7) is 4.27. The number of anilines is 2. The highest BCUT2D eigenvalue weighted by atomic mass is 16.2. The van der Waals surface area contributed by atoms with Crippen molar-refractivity contribution in [1.29, 1.82) is 0 Å². The zero-order valence-electron chi connectivity index (χ0n) is 14.2. The number of benzene rings is 2. The first-order valence-electron chi connectivity index (χ1n) is 8.98. The van der Waals surface area contributed by atoms with Gasteiger partial charge in [0.25, 0.3) is 0 Å². The van der Waals surface area contributed by atoms with E-state index in [1.54, 1.807) is 0 Å². The highest BCUT2D eigenvalue weighted by molar-refractivity contribution is 6.00. The van der Waals surface area contributed by atoms with Crippen molar-refractivity contribution in [3.05, 3.63) is 59.7 Å². The normalized spacial score (nSPS) is 18.0. The van der Waals surface area contributed by atoms with Crippen LogP contribution in [0.3, 0.4) is 0 Å². The molecule has 1 amide bonds. The minimum absolute atomic E-state index is 0.140. The predicted molar refractivity (Wildman–Crippen MR) is 98.6 cm³/mol. The number of carbonyl (C=O) groups excluding carboxylic acids is 1. The van der Waals surface area contributed by atoms with Crippen molar-refractivity contribution in [3.63, 3.8) is 0 Å². The van der Waals surface area contributed by atoms with E-state index in [9.17, 15) is 4.79 Å². The molecule has 0 unspecified atom stereocenters. The number of hydrogen-bond acceptors (Lipinski definition) is 2. The molecule has 2 aliphatic rings. The summed E-state index contributed by atoms with van der Waals surface area (Å²) in [4.78, 5) is 15.4. The van der Waals surface area contributed by atoms with Crippen LogP contribution in [0.25, 0.3) is 0 Å². The quantitative estimate of drug-likeness (QED) is 0.918. The third-order valence-electron chi connectivity index (χ3n) is 5.68. The summed E-state index contributed by atoms with van der Waals surface area (Å²) >= 11 is 0. The Bertz CT molecular complexity index is 750. The molecule has 1 aliphatic carbocycles. The molecule has 2 aromatic rings. The van der Waals surface area contributed by atoms with Gasteiger partial charge in [-0.15, -0.1) is 0 Å². The molecule has 0 radical (unpaired) electrons. The molecule has 3 nitrogen and oxygen atoms in total. The van der Waals surface area contributed by atoms with Gasteiger partial charge in [0.1, 0.15) is 0 Å². The van der Waals surface area contributed by atoms with Gasteiger partial charge in [0.2, 0.25) is 5.91 Å². The van der Waals surface area contributed by atoms with Crippen LogP contribution in [0.15, 0.2) is 48.5 Å². The summed E-state index contributed by atoms with van der Waals surface area (Å²) in [6, 6.07) is 16.6. The average molecular weight is 320 g/mol. The molecule has 1 saturated carbocycles. The van der Waals surface area contributed by atoms with Gasteiger partial charge < -0.3 is 10.2 Å². The third-order valence-corrected chi connectivity index (χ3v) is 5.68. The van der Waals surface area contributed by atoms with Gasteiger partial charge in [-0.2, -0.15) is 0 Å². The number of carbonyl (C=O) groups is 1. The Morgan fingerprint density at radius 2 is 1.96 bits per heavy atom. The zero-order valence-corrected chi connectivity index (χ0v) is 14.2. The number of rotatable bonds is 4. The van der Waals surface area contributed by atoms with Gasteiger partial charge in [-0.3, -0.25) is 4.79 Å². The Kier molecular flexibility index (Phi) is 3.79. The standard InChI is InChI=1S/C21H24N2O/c1-2-23-14-11-16-9-10-18(15-19(16)23)22-20(24)21(12-6-13-21)17-7-4-3-5-8-17/h3-5,7-10,15H,2,6,11-14H2,1H3,(H,22,24). The first-order chi connectivity index (χ1) is 11.7.